The first-order valence-corrected chi connectivity index (χ1v) is 6.58. The predicted molar refractivity (Wildman–Crippen MR) is 77.1 cm³/mol. The number of hydrogen-bond acceptors (Lipinski definition) is 2. The molecule has 0 heterocycles. The van der Waals surface area contributed by atoms with Crippen LogP contribution in [0, 0.1) is 12.8 Å². The number of rotatable bonds is 5. The molecule has 0 aliphatic rings. The lowest BCUT2D eigenvalue weighted by Crippen LogP contribution is -2.36. The van der Waals surface area contributed by atoms with E-state index < -0.39 is 0 Å². The summed E-state index contributed by atoms with van der Waals surface area (Å²) >= 11 is 0. The van der Waals surface area contributed by atoms with E-state index in [1.165, 1.54) is 0 Å². The Labute approximate surface area is 110 Å². The molecule has 1 rings (SSSR count). The molecule has 0 aromatic heterocycles. The van der Waals surface area contributed by atoms with Gasteiger partial charge in [-0.05, 0) is 43.5 Å². The summed E-state index contributed by atoms with van der Waals surface area (Å²) in [5.41, 5.74) is 2.87. The number of amides is 1. The van der Waals surface area contributed by atoms with Crippen LogP contribution in [-0.4, -0.2) is 19.0 Å². The summed E-state index contributed by atoms with van der Waals surface area (Å²) in [6.45, 7) is 8.35. The normalized spacial score (nSPS) is 13.8. The average molecular weight is 248 g/mol. The minimum Gasteiger partial charge on any atom is -0.388 e. The maximum atomic E-state index is 12.1. The van der Waals surface area contributed by atoms with Crippen LogP contribution in [0.25, 0.3) is 0 Å². The number of hydrogen-bond donors (Lipinski definition) is 2. The van der Waals surface area contributed by atoms with Crippen LogP contribution in [0.2, 0.25) is 0 Å². The van der Waals surface area contributed by atoms with Crippen molar-refractivity contribution in [3.63, 3.8) is 0 Å². The van der Waals surface area contributed by atoms with Gasteiger partial charge >= 0.3 is 0 Å². The van der Waals surface area contributed by atoms with E-state index in [9.17, 15) is 4.79 Å². The second-order valence-corrected chi connectivity index (χ2v) is 4.93. The number of nitrogens with one attached hydrogen (secondary N) is 2. The Kier molecular flexibility index (Phi) is 5.20. The van der Waals surface area contributed by atoms with Crippen molar-refractivity contribution >= 4 is 11.6 Å². The van der Waals surface area contributed by atoms with Gasteiger partial charge in [-0.15, -0.1) is 0 Å². The first kappa shape index (κ1) is 14.6. The Morgan fingerprint density at radius 2 is 2.00 bits per heavy atom. The zero-order valence-corrected chi connectivity index (χ0v) is 12.0. The van der Waals surface area contributed by atoms with Crippen molar-refractivity contribution in [1.29, 1.82) is 0 Å². The lowest BCUT2D eigenvalue weighted by Gasteiger charge is -2.20. The fraction of sp³-hybridized carbons (Fsp3) is 0.533. The molecule has 1 aromatic carbocycles. The molecule has 0 bridgehead atoms. The molecule has 0 radical (unpaired) electrons. The Balaban J connectivity index is 2.76. The molecule has 0 spiro atoms. The van der Waals surface area contributed by atoms with Crippen LogP contribution in [0.5, 0.6) is 0 Å². The summed E-state index contributed by atoms with van der Waals surface area (Å²) in [5.74, 6) is 0.500. The van der Waals surface area contributed by atoms with Crippen LogP contribution in [0.15, 0.2) is 18.2 Å². The number of carbonyl (C=O) groups is 1. The molecular weight excluding hydrogens is 224 g/mol. The summed E-state index contributed by atoms with van der Waals surface area (Å²) in [7, 11) is 1.88. The van der Waals surface area contributed by atoms with Crippen molar-refractivity contribution in [2.24, 2.45) is 5.92 Å². The molecule has 0 aliphatic heterocycles. The highest BCUT2D eigenvalue weighted by molar-refractivity contribution is 5.95. The van der Waals surface area contributed by atoms with Crippen LogP contribution < -0.4 is 10.6 Å². The van der Waals surface area contributed by atoms with Gasteiger partial charge in [-0.1, -0.05) is 20.3 Å². The third kappa shape index (κ3) is 3.49. The third-order valence-corrected chi connectivity index (χ3v) is 3.61. The standard InChI is InChI=1S/C15H24N2O/c1-6-10(2)12(4)17-15(18)13-7-8-14(16-5)11(3)9-13/h7-10,12,16H,6H2,1-5H3,(H,17,18). The van der Waals surface area contributed by atoms with E-state index in [-0.39, 0.29) is 11.9 Å². The Hall–Kier alpha value is -1.51. The molecule has 3 heteroatoms. The van der Waals surface area contributed by atoms with Gasteiger partial charge in [0.05, 0.1) is 0 Å². The van der Waals surface area contributed by atoms with Crippen LogP contribution in [-0.2, 0) is 0 Å². The van der Waals surface area contributed by atoms with Gasteiger partial charge in [-0.25, -0.2) is 0 Å². The Bertz CT molecular complexity index is 415. The molecule has 0 saturated carbocycles. The van der Waals surface area contributed by atoms with E-state index in [4.69, 9.17) is 0 Å². The number of aryl methyl sites for hydroxylation is 1. The van der Waals surface area contributed by atoms with Crippen LogP contribution in [0.4, 0.5) is 5.69 Å². The second-order valence-electron chi connectivity index (χ2n) is 4.93. The molecule has 1 aromatic rings. The van der Waals surface area contributed by atoms with Crippen molar-refractivity contribution < 1.29 is 4.79 Å². The molecule has 100 valence electrons. The first-order valence-electron chi connectivity index (χ1n) is 6.58. The van der Waals surface area contributed by atoms with Gasteiger partial charge in [0, 0.05) is 24.3 Å². The molecule has 18 heavy (non-hydrogen) atoms. The number of anilines is 1. The minimum atomic E-state index is 0.00792. The SMILES string of the molecule is CCC(C)C(C)NC(=O)c1ccc(NC)c(C)c1. The monoisotopic (exact) mass is 248 g/mol. The molecule has 0 aliphatic carbocycles. The molecular formula is C15H24N2O. The van der Waals surface area contributed by atoms with Gasteiger partial charge in [0.25, 0.3) is 5.91 Å². The maximum Gasteiger partial charge on any atom is 0.251 e. The van der Waals surface area contributed by atoms with E-state index >= 15 is 0 Å². The Morgan fingerprint density at radius 1 is 1.33 bits per heavy atom. The molecule has 1 amide bonds. The lowest BCUT2D eigenvalue weighted by molar-refractivity contribution is 0.0928. The fourth-order valence-electron chi connectivity index (χ4n) is 1.87. The molecule has 2 atom stereocenters. The highest BCUT2D eigenvalue weighted by Gasteiger charge is 2.14. The van der Waals surface area contributed by atoms with Crippen molar-refractivity contribution in [3.8, 4) is 0 Å². The van der Waals surface area contributed by atoms with Gasteiger partial charge in [-0.3, -0.25) is 4.79 Å². The molecule has 3 nitrogen and oxygen atoms in total. The van der Waals surface area contributed by atoms with E-state index in [0.717, 1.165) is 23.2 Å². The lowest BCUT2D eigenvalue weighted by atomic mass is 10.0. The van der Waals surface area contributed by atoms with Crippen molar-refractivity contribution in [3.05, 3.63) is 29.3 Å². The van der Waals surface area contributed by atoms with Gasteiger partial charge in [0.2, 0.25) is 0 Å². The summed E-state index contributed by atoms with van der Waals surface area (Å²) in [6.07, 6.45) is 1.07. The van der Waals surface area contributed by atoms with E-state index in [1.807, 2.05) is 32.2 Å². The topological polar surface area (TPSA) is 41.1 Å². The maximum absolute atomic E-state index is 12.1. The molecule has 0 fully saturated rings. The van der Waals surface area contributed by atoms with Crippen LogP contribution in [0.1, 0.15) is 43.1 Å². The fourth-order valence-corrected chi connectivity index (χ4v) is 1.87. The quantitative estimate of drug-likeness (QED) is 0.840. The second kappa shape index (κ2) is 6.43. The zero-order valence-electron chi connectivity index (χ0n) is 12.0. The van der Waals surface area contributed by atoms with Crippen molar-refractivity contribution in [2.75, 3.05) is 12.4 Å². The number of benzene rings is 1. The Morgan fingerprint density at radius 3 is 2.50 bits per heavy atom. The molecule has 2 N–H and O–H groups in total. The molecule has 2 unspecified atom stereocenters. The van der Waals surface area contributed by atoms with E-state index in [2.05, 4.69) is 31.4 Å². The van der Waals surface area contributed by atoms with Gasteiger partial charge in [-0.2, -0.15) is 0 Å². The molecule has 0 saturated heterocycles. The smallest absolute Gasteiger partial charge is 0.251 e. The summed E-state index contributed by atoms with van der Waals surface area (Å²) in [5, 5.41) is 6.15. The highest BCUT2D eigenvalue weighted by atomic mass is 16.1. The summed E-state index contributed by atoms with van der Waals surface area (Å²) in [6, 6.07) is 5.92. The van der Waals surface area contributed by atoms with E-state index in [0.29, 0.717) is 5.92 Å². The first-order chi connectivity index (χ1) is 8.49. The van der Waals surface area contributed by atoms with Gasteiger partial charge < -0.3 is 10.6 Å². The predicted octanol–water partition coefficient (Wildman–Crippen LogP) is 3.20. The minimum absolute atomic E-state index is 0.00792. The van der Waals surface area contributed by atoms with Crippen LogP contribution in [0.3, 0.4) is 0 Å². The highest BCUT2D eigenvalue weighted by Crippen LogP contribution is 2.16. The van der Waals surface area contributed by atoms with Gasteiger partial charge in [0.15, 0.2) is 0 Å². The van der Waals surface area contributed by atoms with Crippen molar-refractivity contribution in [1.82, 2.24) is 5.32 Å². The average Bonchev–Trinajstić information content (AvgIpc) is 2.37. The van der Waals surface area contributed by atoms with Gasteiger partial charge in [0.1, 0.15) is 0 Å². The van der Waals surface area contributed by atoms with E-state index in [1.54, 1.807) is 0 Å². The number of carbonyl (C=O) groups excluding carboxylic acids is 1. The van der Waals surface area contributed by atoms with Crippen LogP contribution >= 0.6 is 0 Å². The van der Waals surface area contributed by atoms with Crippen molar-refractivity contribution in [2.45, 2.75) is 40.2 Å². The summed E-state index contributed by atoms with van der Waals surface area (Å²) in [4.78, 5) is 12.1. The third-order valence-electron chi connectivity index (χ3n) is 3.61. The zero-order chi connectivity index (χ0) is 13.7. The largest absolute Gasteiger partial charge is 0.388 e. The summed E-state index contributed by atoms with van der Waals surface area (Å²) < 4.78 is 0.